The highest BCUT2D eigenvalue weighted by atomic mass is 32.2. The summed E-state index contributed by atoms with van der Waals surface area (Å²) in [4.78, 5) is 1.02. The van der Waals surface area contributed by atoms with Gasteiger partial charge >= 0.3 is 0 Å². The van der Waals surface area contributed by atoms with Gasteiger partial charge in [-0.15, -0.1) is 0 Å². The van der Waals surface area contributed by atoms with E-state index >= 15 is 0 Å². The number of rotatable bonds is 12. The van der Waals surface area contributed by atoms with Crippen molar-refractivity contribution >= 4 is 35.8 Å². The van der Waals surface area contributed by atoms with Gasteiger partial charge in [0.25, 0.3) is 10.0 Å². The van der Waals surface area contributed by atoms with E-state index in [1.165, 1.54) is 0 Å². The lowest BCUT2D eigenvalue weighted by atomic mass is 10.2. The molecule has 0 aliphatic heterocycles. The topological polar surface area (TPSA) is 139 Å². The molecule has 0 saturated heterocycles. The van der Waals surface area contributed by atoms with Crippen molar-refractivity contribution in [3.63, 3.8) is 0 Å². The van der Waals surface area contributed by atoms with Gasteiger partial charge in [0.15, 0.2) is 0 Å². The molecular weight excluding hydrogens is 643 g/mol. The molecule has 0 aromatic heterocycles. The van der Waals surface area contributed by atoms with Gasteiger partial charge in [0.1, 0.15) is 0 Å². The van der Waals surface area contributed by atoms with Crippen LogP contribution in [0.5, 0.6) is 0 Å². The third-order valence-electron chi connectivity index (χ3n) is 6.49. The standard InChI is InChI=1S/C13H13NO2S.C11H17NO2S.C10H15NO2S/c1-11-7-5-6-10-13(11)17(15,16)14-12-8-3-2-4-9-12;1-3-4-9-12-15(13,14)11-7-5-10(2)6-8-11;1-3-8-11-14(12,13)10-7-5-4-6-9(10)2/h2-10,14H,1H3;5-8,12H,3-4,9H2,1-2H3;4-7,11H,3,8H2,1-2H3. The maximum absolute atomic E-state index is 12.1. The Hall–Kier alpha value is -3.55. The van der Waals surface area contributed by atoms with Gasteiger partial charge in [-0.25, -0.2) is 34.7 Å². The van der Waals surface area contributed by atoms with Crippen molar-refractivity contribution in [2.45, 2.75) is 68.6 Å². The van der Waals surface area contributed by atoms with Gasteiger partial charge in [-0.05, 0) is 81.1 Å². The average Bonchev–Trinajstić information content (AvgIpc) is 3.01. The molecule has 0 aliphatic carbocycles. The van der Waals surface area contributed by atoms with E-state index in [1.807, 2.05) is 39.0 Å². The number of hydrogen-bond acceptors (Lipinski definition) is 6. The molecule has 0 aliphatic rings. The predicted molar refractivity (Wildman–Crippen MR) is 186 cm³/mol. The monoisotopic (exact) mass is 687 g/mol. The molecule has 0 amide bonds. The van der Waals surface area contributed by atoms with E-state index in [0.717, 1.165) is 36.0 Å². The number of hydrogen-bond donors (Lipinski definition) is 3. The summed E-state index contributed by atoms with van der Waals surface area (Å²) < 4.78 is 78.7. The molecule has 0 heterocycles. The fourth-order valence-corrected chi connectivity index (χ4v) is 7.69. The number of sulfonamides is 3. The minimum absolute atomic E-state index is 0.309. The Bertz CT molecular complexity index is 1830. The first-order valence-electron chi connectivity index (χ1n) is 15.0. The van der Waals surface area contributed by atoms with E-state index in [-0.39, 0.29) is 0 Å². The Kier molecular flexibility index (Phi) is 15.6. The molecule has 4 rings (SSSR count). The van der Waals surface area contributed by atoms with Crippen LogP contribution in [0, 0.1) is 20.8 Å². The lowest BCUT2D eigenvalue weighted by Crippen LogP contribution is -2.24. The van der Waals surface area contributed by atoms with Crippen LogP contribution in [-0.4, -0.2) is 38.3 Å². The zero-order chi connectivity index (χ0) is 34.2. The molecule has 0 unspecified atom stereocenters. The van der Waals surface area contributed by atoms with Crippen LogP contribution >= 0.6 is 0 Å². The normalized spacial score (nSPS) is 11.4. The highest BCUT2D eigenvalue weighted by molar-refractivity contribution is 7.92. The largest absolute Gasteiger partial charge is 0.280 e. The lowest BCUT2D eigenvalue weighted by Gasteiger charge is -2.09. The van der Waals surface area contributed by atoms with Crippen LogP contribution in [-0.2, 0) is 30.1 Å². The highest BCUT2D eigenvalue weighted by Gasteiger charge is 2.16. The second kappa shape index (κ2) is 18.6. The summed E-state index contributed by atoms with van der Waals surface area (Å²) in [5.41, 5.74) is 3.13. The summed E-state index contributed by atoms with van der Waals surface area (Å²) in [6.07, 6.45) is 2.65. The lowest BCUT2D eigenvalue weighted by molar-refractivity contribution is 0.577. The quantitative estimate of drug-likeness (QED) is 0.144. The Morgan fingerprint density at radius 2 is 0.978 bits per heavy atom. The smallest absolute Gasteiger partial charge is 0.262 e. The van der Waals surface area contributed by atoms with Crippen LogP contribution in [0.3, 0.4) is 0 Å². The molecule has 250 valence electrons. The summed E-state index contributed by atoms with van der Waals surface area (Å²) in [6, 6.07) is 29.6. The first-order valence-corrected chi connectivity index (χ1v) is 19.4. The number of para-hydroxylation sites is 1. The average molecular weight is 688 g/mol. The van der Waals surface area contributed by atoms with Crippen molar-refractivity contribution in [1.29, 1.82) is 0 Å². The molecule has 3 N–H and O–H groups in total. The number of anilines is 1. The maximum Gasteiger partial charge on any atom is 0.262 e. The van der Waals surface area contributed by atoms with Crippen LogP contribution in [0.4, 0.5) is 5.69 Å². The SMILES string of the molecule is CCCCNS(=O)(=O)c1ccc(C)cc1.CCCNS(=O)(=O)c1ccccc1C.Cc1ccccc1S(=O)(=O)Nc1ccccc1. The van der Waals surface area contributed by atoms with Crippen molar-refractivity contribution < 1.29 is 25.3 Å². The van der Waals surface area contributed by atoms with Gasteiger partial charge in [0, 0.05) is 18.8 Å². The number of benzene rings is 4. The van der Waals surface area contributed by atoms with Gasteiger partial charge in [-0.2, -0.15) is 0 Å². The van der Waals surface area contributed by atoms with E-state index < -0.39 is 30.1 Å². The molecule has 0 fully saturated rings. The molecule has 0 bridgehead atoms. The van der Waals surface area contributed by atoms with Gasteiger partial charge in [0.05, 0.1) is 14.7 Å². The van der Waals surface area contributed by atoms with Gasteiger partial charge in [-0.1, -0.05) is 92.6 Å². The Balaban J connectivity index is 0.000000242. The van der Waals surface area contributed by atoms with Gasteiger partial charge in [-0.3, -0.25) is 4.72 Å². The van der Waals surface area contributed by atoms with Crippen LogP contribution in [0.25, 0.3) is 0 Å². The maximum atomic E-state index is 12.1. The molecule has 0 spiro atoms. The Morgan fingerprint density at radius 3 is 1.48 bits per heavy atom. The third kappa shape index (κ3) is 12.7. The van der Waals surface area contributed by atoms with E-state index in [4.69, 9.17) is 0 Å². The van der Waals surface area contributed by atoms with Gasteiger partial charge < -0.3 is 0 Å². The molecule has 9 nitrogen and oxygen atoms in total. The number of unbranched alkanes of at least 4 members (excludes halogenated alkanes) is 1. The van der Waals surface area contributed by atoms with Crippen molar-refractivity contribution in [1.82, 2.24) is 9.44 Å². The van der Waals surface area contributed by atoms with Crippen molar-refractivity contribution in [3.05, 3.63) is 120 Å². The van der Waals surface area contributed by atoms with Gasteiger partial charge in [0.2, 0.25) is 20.0 Å². The molecular formula is C34H45N3O6S3. The highest BCUT2D eigenvalue weighted by Crippen LogP contribution is 2.18. The van der Waals surface area contributed by atoms with E-state index in [2.05, 4.69) is 14.2 Å². The predicted octanol–water partition coefficient (Wildman–Crippen LogP) is 6.55. The second-order valence-corrected chi connectivity index (χ2v) is 15.6. The van der Waals surface area contributed by atoms with Crippen molar-refractivity contribution in [2.24, 2.45) is 0 Å². The molecule has 0 radical (unpaired) electrons. The molecule has 4 aromatic carbocycles. The van der Waals surface area contributed by atoms with Crippen LogP contribution in [0.15, 0.2) is 118 Å². The Labute approximate surface area is 275 Å². The molecule has 0 saturated carbocycles. The first kappa shape index (κ1) is 38.6. The molecule has 12 heteroatoms. The molecule has 4 aromatic rings. The summed E-state index contributed by atoms with van der Waals surface area (Å²) in [7, 11) is -10.1. The van der Waals surface area contributed by atoms with E-state index in [1.54, 1.807) is 98.8 Å². The zero-order valence-electron chi connectivity index (χ0n) is 27.0. The zero-order valence-corrected chi connectivity index (χ0v) is 29.5. The number of nitrogens with one attached hydrogen (secondary N) is 3. The van der Waals surface area contributed by atoms with Crippen LogP contribution < -0.4 is 14.2 Å². The van der Waals surface area contributed by atoms with Crippen LogP contribution in [0.1, 0.15) is 49.8 Å². The van der Waals surface area contributed by atoms with E-state index in [9.17, 15) is 25.3 Å². The number of aryl methyl sites for hydroxylation is 3. The minimum Gasteiger partial charge on any atom is -0.280 e. The molecule has 0 atom stereocenters. The summed E-state index contributed by atoms with van der Waals surface area (Å²) in [5.74, 6) is 0. The molecule has 46 heavy (non-hydrogen) atoms. The van der Waals surface area contributed by atoms with Crippen LogP contribution in [0.2, 0.25) is 0 Å². The Morgan fingerprint density at radius 1 is 0.500 bits per heavy atom. The summed E-state index contributed by atoms with van der Waals surface area (Å²) in [5, 5.41) is 0. The van der Waals surface area contributed by atoms with E-state index in [0.29, 0.717) is 33.5 Å². The fourth-order valence-electron chi connectivity index (χ4n) is 3.93. The van der Waals surface area contributed by atoms with Crippen molar-refractivity contribution in [3.8, 4) is 0 Å². The summed E-state index contributed by atoms with van der Waals surface area (Å²) in [6.45, 7) is 10.4. The summed E-state index contributed by atoms with van der Waals surface area (Å²) >= 11 is 0. The minimum atomic E-state index is -3.49. The fraction of sp³-hybridized carbons (Fsp3) is 0.294. The first-order chi connectivity index (χ1) is 21.7. The second-order valence-electron chi connectivity index (χ2n) is 10.5. The van der Waals surface area contributed by atoms with Crippen molar-refractivity contribution in [2.75, 3.05) is 17.8 Å². The third-order valence-corrected chi connectivity index (χ3v) is 11.1.